The molecule has 2 heterocycles. The molecule has 26 heavy (non-hydrogen) atoms. The van der Waals surface area contributed by atoms with Crippen LogP contribution in [0.25, 0.3) is 6.08 Å². The minimum absolute atomic E-state index is 0.148. The van der Waals surface area contributed by atoms with Gasteiger partial charge in [0, 0.05) is 32.3 Å². The van der Waals surface area contributed by atoms with Crippen LogP contribution in [0.4, 0.5) is 0 Å². The molecule has 0 saturated carbocycles. The summed E-state index contributed by atoms with van der Waals surface area (Å²) in [5, 5.41) is 0. The summed E-state index contributed by atoms with van der Waals surface area (Å²) in [5.41, 5.74) is 2.01. The third-order valence-electron chi connectivity index (χ3n) is 4.60. The summed E-state index contributed by atoms with van der Waals surface area (Å²) in [5.74, 6) is 0.457. The number of nitrogens with zero attached hydrogens (tertiary/aromatic N) is 2. The Balaban J connectivity index is 1.64. The molecule has 6 nitrogen and oxygen atoms in total. The lowest BCUT2D eigenvalue weighted by Gasteiger charge is -2.33. The Morgan fingerprint density at radius 1 is 1.08 bits per heavy atom. The zero-order valence-electron chi connectivity index (χ0n) is 14.9. The number of sulfonamides is 1. The van der Waals surface area contributed by atoms with E-state index in [1.807, 2.05) is 19.9 Å². The molecular weight excluding hydrogens is 352 g/mol. The zero-order chi connectivity index (χ0) is 18.7. The van der Waals surface area contributed by atoms with Gasteiger partial charge in [-0.05, 0) is 55.3 Å². The van der Waals surface area contributed by atoms with Crippen molar-refractivity contribution in [3.8, 4) is 0 Å². The Kier molecular flexibility index (Phi) is 5.29. The summed E-state index contributed by atoms with van der Waals surface area (Å²) in [7, 11) is -3.54. The van der Waals surface area contributed by atoms with Crippen LogP contribution in [0.1, 0.15) is 16.9 Å². The number of rotatable bonds is 4. The molecular formula is C19H22N2O4S. The van der Waals surface area contributed by atoms with Gasteiger partial charge in [-0.25, -0.2) is 8.42 Å². The highest BCUT2D eigenvalue weighted by Gasteiger charge is 2.29. The van der Waals surface area contributed by atoms with Crippen LogP contribution >= 0.6 is 0 Å². The Morgan fingerprint density at radius 2 is 1.81 bits per heavy atom. The summed E-state index contributed by atoms with van der Waals surface area (Å²) < 4.78 is 32.2. The van der Waals surface area contributed by atoms with Crippen LogP contribution in [0.5, 0.6) is 0 Å². The maximum Gasteiger partial charge on any atom is 0.246 e. The fourth-order valence-corrected chi connectivity index (χ4v) is 4.33. The zero-order valence-corrected chi connectivity index (χ0v) is 15.7. The maximum absolute atomic E-state index is 12.8. The third kappa shape index (κ3) is 3.89. The van der Waals surface area contributed by atoms with Crippen LogP contribution in [0.3, 0.4) is 0 Å². The van der Waals surface area contributed by atoms with Crippen molar-refractivity contribution >= 4 is 22.0 Å². The van der Waals surface area contributed by atoms with Gasteiger partial charge in [-0.1, -0.05) is 6.07 Å². The molecule has 1 fully saturated rings. The van der Waals surface area contributed by atoms with E-state index in [1.54, 1.807) is 41.5 Å². The standard InChI is InChI=1S/C19H22N2O4S/c1-15-5-7-18(14-16(15)2)26(23,24)21-11-9-20(10-12-21)19(22)8-6-17-4-3-13-25-17/h3-8,13-14H,9-12H2,1-2H3. The van der Waals surface area contributed by atoms with E-state index in [0.29, 0.717) is 23.7 Å². The van der Waals surface area contributed by atoms with E-state index in [4.69, 9.17) is 4.42 Å². The number of hydrogen-bond donors (Lipinski definition) is 0. The first-order chi connectivity index (χ1) is 12.4. The van der Waals surface area contributed by atoms with Gasteiger partial charge in [0.25, 0.3) is 0 Å². The molecule has 0 N–H and O–H groups in total. The molecule has 0 atom stereocenters. The van der Waals surface area contributed by atoms with E-state index in [9.17, 15) is 13.2 Å². The molecule has 1 amide bonds. The van der Waals surface area contributed by atoms with Gasteiger partial charge in [0.2, 0.25) is 15.9 Å². The first kappa shape index (κ1) is 18.4. The Bertz CT molecular complexity index is 909. The van der Waals surface area contributed by atoms with Gasteiger partial charge < -0.3 is 9.32 Å². The molecule has 0 aliphatic carbocycles. The molecule has 7 heteroatoms. The number of amides is 1. The van der Waals surface area contributed by atoms with Crippen molar-refractivity contribution in [1.82, 2.24) is 9.21 Å². The van der Waals surface area contributed by atoms with Crippen molar-refractivity contribution in [3.63, 3.8) is 0 Å². The first-order valence-electron chi connectivity index (χ1n) is 8.46. The largest absolute Gasteiger partial charge is 0.465 e. The van der Waals surface area contributed by atoms with Crippen LogP contribution in [0, 0.1) is 13.8 Å². The minimum Gasteiger partial charge on any atom is -0.465 e. The summed E-state index contributed by atoms with van der Waals surface area (Å²) in [6, 6.07) is 8.68. The van der Waals surface area contributed by atoms with E-state index >= 15 is 0 Å². The monoisotopic (exact) mass is 374 g/mol. The van der Waals surface area contributed by atoms with Crippen LogP contribution in [0.15, 0.2) is 52.0 Å². The van der Waals surface area contributed by atoms with Crippen molar-refractivity contribution in [2.24, 2.45) is 0 Å². The highest BCUT2D eigenvalue weighted by molar-refractivity contribution is 7.89. The topological polar surface area (TPSA) is 70.8 Å². The molecule has 1 aromatic heterocycles. The van der Waals surface area contributed by atoms with Crippen molar-refractivity contribution in [3.05, 3.63) is 59.6 Å². The average molecular weight is 374 g/mol. The fraction of sp³-hybridized carbons (Fsp3) is 0.316. The van der Waals surface area contributed by atoms with E-state index in [1.165, 1.54) is 10.4 Å². The molecule has 1 aliphatic rings. The fourth-order valence-electron chi connectivity index (χ4n) is 2.82. The van der Waals surface area contributed by atoms with E-state index in [-0.39, 0.29) is 19.0 Å². The van der Waals surface area contributed by atoms with Gasteiger partial charge in [0.15, 0.2) is 0 Å². The van der Waals surface area contributed by atoms with Crippen molar-refractivity contribution < 1.29 is 17.6 Å². The number of piperazine rings is 1. The highest BCUT2D eigenvalue weighted by atomic mass is 32.2. The molecule has 0 spiro atoms. The lowest BCUT2D eigenvalue weighted by atomic mass is 10.1. The normalized spacial score (nSPS) is 16.3. The molecule has 0 unspecified atom stereocenters. The second kappa shape index (κ2) is 7.47. The smallest absolute Gasteiger partial charge is 0.246 e. The summed E-state index contributed by atoms with van der Waals surface area (Å²) in [4.78, 5) is 14.2. The molecule has 1 aromatic carbocycles. The van der Waals surface area contributed by atoms with Crippen molar-refractivity contribution in [1.29, 1.82) is 0 Å². The SMILES string of the molecule is Cc1ccc(S(=O)(=O)N2CCN(C(=O)C=Cc3ccco3)CC2)cc1C. The van der Waals surface area contributed by atoms with Crippen molar-refractivity contribution in [2.75, 3.05) is 26.2 Å². The van der Waals surface area contributed by atoms with E-state index in [0.717, 1.165) is 11.1 Å². The number of carbonyl (C=O) groups excluding carboxylic acids is 1. The maximum atomic E-state index is 12.8. The molecule has 0 bridgehead atoms. The Hall–Kier alpha value is -2.38. The molecule has 1 saturated heterocycles. The van der Waals surface area contributed by atoms with Crippen LogP contribution < -0.4 is 0 Å². The summed E-state index contributed by atoms with van der Waals surface area (Å²) >= 11 is 0. The minimum atomic E-state index is -3.54. The average Bonchev–Trinajstić information content (AvgIpc) is 3.15. The Morgan fingerprint density at radius 3 is 2.42 bits per heavy atom. The third-order valence-corrected chi connectivity index (χ3v) is 6.49. The van der Waals surface area contributed by atoms with Crippen LogP contribution in [0.2, 0.25) is 0 Å². The molecule has 138 valence electrons. The van der Waals surface area contributed by atoms with Crippen LogP contribution in [-0.2, 0) is 14.8 Å². The van der Waals surface area contributed by atoms with Gasteiger partial charge in [-0.2, -0.15) is 4.31 Å². The van der Waals surface area contributed by atoms with Gasteiger partial charge in [-0.3, -0.25) is 4.79 Å². The number of carbonyl (C=O) groups is 1. The molecule has 3 rings (SSSR count). The predicted molar refractivity (Wildman–Crippen MR) is 99.0 cm³/mol. The van der Waals surface area contributed by atoms with Gasteiger partial charge in [0.1, 0.15) is 5.76 Å². The molecule has 1 aliphatic heterocycles. The first-order valence-corrected chi connectivity index (χ1v) is 9.90. The van der Waals surface area contributed by atoms with Gasteiger partial charge >= 0.3 is 0 Å². The molecule has 0 radical (unpaired) electrons. The van der Waals surface area contributed by atoms with E-state index in [2.05, 4.69) is 0 Å². The van der Waals surface area contributed by atoms with Crippen molar-refractivity contribution in [2.45, 2.75) is 18.7 Å². The summed E-state index contributed by atoms with van der Waals surface area (Å²) in [6.07, 6.45) is 4.60. The van der Waals surface area contributed by atoms with E-state index < -0.39 is 10.0 Å². The number of benzene rings is 1. The predicted octanol–water partition coefficient (Wildman–Crippen LogP) is 2.44. The summed E-state index contributed by atoms with van der Waals surface area (Å²) in [6.45, 7) is 5.16. The highest BCUT2D eigenvalue weighted by Crippen LogP contribution is 2.20. The molecule has 2 aromatic rings. The number of hydrogen-bond acceptors (Lipinski definition) is 4. The van der Waals surface area contributed by atoms with Gasteiger partial charge in [0.05, 0.1) is 11.2 Å². The second-order valence-electron chi connectivity index (χ2n) is 6.32. The lowest BCUT2D eigenvalue weighted by Crippen LogP contribution is -2.50. The quantitative estimate of drug-likeness (QED) is 0.771. The van der Waals surface area contributed by atoms with Gasteiger partial charge in [-0.15, -0.1) is 0 Å². The lowest BCUT2D eigenvalue weighted by molar-refractivity contribution is -0.127. The second-order valence-corrected chi connectivity index (χ2v) is 8.26. The number of aryl methyl sites for hydroxylation is 2. The Labute approximate surface area is 153 Å². The number of furan rings is 1. The van der Waals surface area contributed by atoms with Crippen LogP contribution in [-0.4, -0.2) is 49.7 Å².